The number of rotatable bonds is 25. The first kappa shape index (κ1) is 36.3. The number of nitrogens with zero attached hydrogens (tertiary/aromatic N) is 1. The van der Waals surface area contributed by atoms with Gasteiger partial charge < -0.3 is 25.0 Å². The predicted molar refractivity (Wildman–Crippen MR) is 166 cm³/mol. The molecule has 2 N–H and O–H groups in total. The van der Waals surface area contributed by atoms with Gasteiger partial charge >= 0.3 is 6.09 Å². The van der Waals surface area contributed by atoms with Crippen LogP contribution in [0, 0.1) is 11.8 Å². The summed E-state index contributed by atoms with van der Waals surface area (Å²) in [6.07, 6.45) is 25.2. The minimum Gasteiger partial charge on any atom is -0.501 e. The van der Waals surface area contributed by atoms with Crippen LogP contribution in [0.2, 0.25) is 0 Å². The summed E-state index contributed by atoms with van der Waals surface area (Å²) in [5, 5.41) is 5.93. The van der Waals surface area contributed by atoms with Gasteiger partial charge in [-0.15, -0.1) is 0 Å². The van der Waals surface area contributed by atoms with Gasteiger partial charge in [0, 0.05) is 25.4 Å². The summed E-state index contributed by atoms with van der Waals surface area (Å²) < 4.78 is 10.9. The Morgan fingerprint density at radius 1 is 0.800 bits per heavy atom. The minimum atomic E-state index is -0.410. The van der Waals surface area contributed by atoms with Crippen molar-refractivity contribution in [2.75, 3.05) is 47.4 Å². The molecule has 0 aromatic heterocycles. The molecule has 2 unspecified atom stereocenters. The molecule has 0 aliphatic heterocycles. The lowest BCUT2D eigenvalue weighted by Gasteiger charge is -2.29. The number of carbonyl (C=O) groups is 2. The normalized spacial score (nSPS) is 17.0. The number of methoxy groups -OCH3 is 1. The first-order chi connectivity index (χ1) is 19.5. The van der Waals surface area contributed by atoms with Gasteiger partial charge in [0.25, 0.3) is 0 Å². The summed E-state index contributed by atoms with van der Waals surface area (Å²) in [5.41, 5.74) is 0. The molecule has 2 amide bonds. The van der Waals surface area contributed by atoms with Crippen LogP contribution in [0.5, 0.6) is 0 Å². The number of hydrogen-bond acceptors (Lipinski definition) is 5. The van der Waals surface area contributed by atoms with Gasteiger partial charge in [0.1, 0.15) is 0 Å². The molecule has 0 aromatic carbocycles. The van der Waals surface area contributed by atoms with E-state index in [1.165, 1.54) is 89.9 Å². The van der Waals surface area contributed by atoms with Crippen molar-refractivity contribution in [3.8, 4) is 0 Å². The Balaban J connectivity index is 2.10. The Kier molecular flexibility index (Phi) is 22.7. The highest BCUT2D eigenvalue weighted by atomic mass is 16.5. The third-order valence-electron chi connectivity index (χ3n) is 8.05. The molecule has 0 aromatic rings. The van der Waals surface area contributed by atoms with Crippen LogP contribution >= 0.6 is 0 Å². The van der Waals surface area contributed by atoms with Crippen molar-refractivity contribution in [2.24, 2.45) is 11.8 Å². The van der Waals surface area contributed by atoms with E-state index in [9.17, 15) is 9.59 Å². The smallest absolute Gasteiger partial charge is 0.407 e. The number of allylic oxidation sites excluding steroid dienone is 2. The molecule has 0 heterocycles. The fourth-order valence-corrected chi connectivity index (χ4v) is 5.41. The standard InChI is InChI=1S/C33H63N3O4/c1-5-6-7-8-9-10-11-12-13-14-15-16-17-18-19-20-24-34-32(37)31-27-30(39-4)23-22-29(31)28-40-33(38)35-25-21-26-36(2)3/h23,29,31H,5-22,24-28H2,1-4H3,(H,34,37)(H,35,38). The maximum Gasteiger partial charge on any atom is 0.407 e. The zero-order valence-corrected chi connectivity index (χ0v) is 26.6. The van der Waals surface area contributed by atoms with Gasteiger partial charge in [-0.3, -0.25) is 4.79 Å². The van der Waals surface area contributed by atoms with Gasteiger partial charge in [-0.25, -0.2) is 4.79 Å². The Labute approximate surface area is 246 Å². The summed E-state index contributed by atoms with van der Waals surface area (Å²) in [6.45, 7) is 4.72. The monoisotopic (exact) mass is 565 g/mol. The van der Waals surface area contributed by atoms with E-state index in [0.29, 0.717) is 25.9 Å². The molecule has 0 saturated carbocycles. The maximum atomic E-state index is 13.0. The van der Waals surface area contributed by atoms with E-state index in [2.05, 4.69) is 22.5 Å². The largest absolute Gasteiger partial charge is 0.501 e. The second kappa shape index (κ2) is 25.0. The average Bonchev–Trinajstić information content (AvgIpc) is 2.95. The highest BCUT2D eigenvalue weighted by molar-refractivity contribution is 5.79. The first-order valence-electron chi connectivity index (χ1n) is 16.5. The lowest BCUT2D eigenvalue weighted by molar-refractivity contribution is -0.127. The Morgan fingerprint density at radius 3 is 1.85 bits per heavy atom. The van der Waals surface area contributed by atoms with Crippen LogP contribution in [-0.4, -0.2) is 64.3 Å². The first-order valence-corrected chi connectivity index (χ1v) is 16.5. The number of nitrogens with one attached hydrogen (secondary N) is 2. The molecule has 7 nitrogen and oxygen atoms in total. The van der Waals surface area contributed by atoms with Crippen LogP contribution in [0.3, 0.4) is 0 Å². The van der Waals surface area contributed by atoms with Crippen molar-refractivity contribution in [3.05, 3.63) is 11.8 Å². The van der Waals surface area contributed by atoms with E-state index in [1.807, 2.05) is 20.2 Å². The number of carbonyl (C=O) groups excluding carboxylic acids is 2. The number of hydrogen-bond donors (Lipinski definition) is 2. The van der Waals surface area contributed by atoms with Crippen LogP contribution < -0.4 is 10.6 Å². The van der Waals surface area contributed by atoms with Crippen molar-refractivity contribution in [1.82, 2.24) is 15.5 Å². The van der Waals surface area contributed by atoms with E-state index in [-0.39, 0.29) is 24.3 Å². The van der Waals surface area contributed by atoms with Crippen molar-refractivity contribution < 1.29 is 19.1 Å². The summed E-state index contributed by atoms with van der Waals surface area (Å²) in [7, 11) is 5.67. The molecule has 234 valence electrons. The molecule has 0 radical (unpaired) electrons. The second-order valence-corrected chi connectivity index (χ2v) is 12.0. The molecule has 1 aliphatic carbocycles. The number of unbranched alkanes of at least 4 members (excludes halogenated alkanes) is 15. The average molecular weight is 566 g/mol. The lowest BCUT2D eigenvalue weighted by Crippen LogP contribution is -2.39. The molecule has 1 rings (SSSR count). The van der Waals surface area contributed by atoms with E-state index >= 15 is 0 Å². The number of amides is 2. The maximum absolute atomic E-state index is 13.0. The zero-order valence-electron chi connectivity index (χ0n) is 26.6. The molecule has 2 atom stereocenters. The van der Waals surface area contributed by atoms with Gasteiger partial charge in [0.05, 0.1) is 25.4 Å². The second-order valence-electron chi connectivity index (χ2n) is 12.0. The molecule has 1 aliphatic rings. The van der Waals surface area contributed by atoms with Crippen molar-refractivity contribution in [3.63, 3.8) is 0 Å². The molecule has 7 heteroatoms. The van der Waals surface area contributed by atoms with Crippen LogP contribution in [0.1, 0.15) is 129 Å². The quantitative estimate of drug-likeness (QED) is 0.111. The molecule has 0 saturated heterocycles. The lowest BCUT2D eigenvalue weighted by atomic mass is 9.82. The van der Waals surface area contributed by atoms with Crippen LogP contribution in [-0.2, 0) is 14.3 Å². The van der Waals surface area contributed by atoms with Gasteiger partial charge in [-0.2, -0.15) is 0 Å². The molecule has 0 bridgehead atoms. The Hall–Kier alpha value is -1.76. The van der Waals surface area contributed by atoms with E-state index in [4.69, 9.17) is 9.47 Å². The van der Waals surface area contributed by atoms with Gasteiger partial charge in [-0.1, -0.05) is 103 Å². The van der Waals surface area contributed by atoms with Gasteiger partial charge in [0.15, 0.2) is 0 Å². The van der Waals surface area contributed by atoms with E-state index in [0.717, 1.165) is 31.6 Å². The molecule has 0 spiro atoms. The van der Waals surface area contributed by atoms with Crippen LogP contribution in [0.15, 0.2) is 11.8 Å². The summed E-state index contributed by atoms with van der Waals surface area (Å²) in [5.74, 6) is 0.621. The molecular weight excluding hydrogens is 502 g/mol. The Bertz CT molecular complexity index is 668. The summed E-state index contributed by atoms with van der Waals surface area (Å²) in [6, 6.07) is 0. The third-order valence-corrected chi connectivity index (χ3v) is 8.05. The van der Waals surface area contributed by atoms with Crippen molar-refractivity contribution in [2.45, 2.75) is 129 Å². The number of ether oxygens (including phenoxy) is 2. The predicted octanol–water partition coefficient (Wildman–Crippen LogP) is 7.60. The molecule has 0 fully saturated rings. The van der Waals surface area contributed by atoms with Crippen LogP contribution in [0.25, 0.3) is 0 Å². The zero-order chi connectivity index (χ0) is 29.3. The van der Waals surface area contributed by atoms with E-state index < -0.39 is 6.09 Å². The Morgan fingerprint density at radius 2 is 1.32 bits per heavy atom. The van der Waals surface area contributed by atoms with Crippen molar-refractivity contribution >= 4 is 12.0 Å². The van der Waals surface area contributed by atoms with Gasteiger partial charge in [-0.05, 0) is 46.0 Å². The SMILES string of the molecule is CCCCCCCCCCCCCCCCCCNC(=O)C1CC(OC)=CCC1COC(=O)NCCCN(C)C. The molecular formula is C33H63N3O4. The highest BCUT2D eigenvalue weighted by Crippen LogP contribution is 2.30. The van der Waals surface area contributed by atoms with E-state index in [1.54, 1.807) is 7.11 Å². The molecule has 40 heavy (non-hydrogen) atoms. The minimum absolute atomic E-state index is 0.0304. The summed E-state index contributed by atoms with van der Waals surface area (Å²) >= 11 is 0. The van der Waals surface area contributed by atoms with Crippen LogP contribution in [0.4, 0.5) is 4.79 Å². The fraction of sp³-hybridized carbons (Fsp3) is 0.879. The highest BCUT2D eigenvalue weighted by Gasteiger charge is 2.33. The topological polar surface area (TPSA) is 79.9 Å². The third kappa shape index (κ3) is 19.3. The van der Waals surface area contributed by atoms with Crippen molar-refractivity contribution in [1.29, 1.82) is 0 Å². The number of alkyl carbamates (subject to hydrolysis) is 1. The summed E-state index contributed by atoms with van der Waals surface area (Å²) in [4.78, 5) is 27.2. The fourth-order valence-electron chi connectivity index (χ4n) is 5.41. The van der Waals surface area contributed by atoms with Gasteiger partial charge in [0.2, 0.25) is 5.91 Å².